The van der Waals surface area contributed by atoms with E-state index in [1.165, 1.54) is 26.1 Å². The molecule has 1 N–H and O–H groups in total. The number of rotatable bonds is 4. The zero-order valence-electron chi connectivity index (χ0n) is 12.8. The average Bonchev–Trinajstić information content (AvgIpc) is 2.91. The maximum Gasteiger partial charge on any atom is 0.0391 e. The van der Waals surface area contributed by atoms with Gasteiger partial charge in [0, 0.05) is 21.7 Å². The Labute approximate surface area is 130 Å². The molecule has 0 fully saturated rings. The van der Waals surface area contributed by atoms with Crippen LogP contribution in [0.5, 0.6) is 0 Å². The first-order chi connectivity index (χ1) is 10.1. The smallest absolute Gasteiger partial charge is 0.0391 e. The second-order valence-corrected chi connectivity index (χ2v) is 6.83. The summed E-state index contributed by atoms with van der Waals surface area (Å²) in [6.07, 6.45) is 0. The fourth-order valence-corrected chi connectivity index (χ4v) is 3.78. The Balaban J connectivity index is 1.77. The number of nitrogens with one attached hydrogen (secondary N) is 1. The van der Waals surface area contributed by atoms with Gasteiger partial charge in [0.05, 0.1) is 0 Å². The van der Waals surface area contributed by atoms with Crippen LogP contribution in [0.25, 0.3) is 10.1 Å². The van der Waals surface area contributed by atoms with E-state index in [2.05, 4.69) is 80.7 Å². The molecule has 0 aliphatic carbocycles. The Kier molecular flexibility index (Phi) is 4.09. The van der Waals surface area contributed by atoms with Crippen LogP contribution in [0, 0.1) is 6.92 Å². The van der Waals surface area contributed by atoms with Gasteiger partial charge in [-0.15, -0.1) is 11.3 Å². The summed E-state index contributed by atoms with van der Waals surface area (Å²) in [5, 5.41) is 5.05. The van der Waals surface area contributed by atoms with Crippen LogP contribution in [0.4, 0.5) is 0 Å². The molecule has 3 aromatic rings. The Morgan fingerprint density at radius 3 is 2.48 bits per heavy atom. The molecule has 0 bridgehead atoms. The van der Waals surface area contributed by atoms with E-state index in [9.17, 15) is 0 Å². The molecule has 3 rings (SSSR count). The van der Waals surface area contributed by atoms with Crippen molar-refractivity contribution in [3.8, 4) is 0 Å². The summed E-state index contributed by atoms with van der Waals surface area (Å²) in [5.74, 6) is 0. The minimum atomic E-state index is 0.352. The van der Waals surface area contributed by atoms with E-state index in [0.29, 0.717) is 12.1 Å². The molecule has 1 nitrogen and oxygen atoms in total. The van der Waals surface area contributed by atoms with E-state index in [4.69, 9.17) is 0 Å². The molecule has 0 spiro atoms. The standard InChI is InChI=1S/C19H21NS/c1-13-7-6-9-16(11-13)14(2)20-15(3)19-12-17-8-4-5-10-18(17)21-19/h4-12,14-15,20H,1-3H3/t14-,15?/m0/s1. The lowest BCUT2D eigenvalue weighted by atomic mass is 10.0. The lowest BCUT2D eigenvalue weighted by molar-refractivity contribution is 0.500. The molecular weight excluding hydrogens is 274 g/mol. The molecule has 0 amide bonds. The summed E-state index contributed by atoms with van der Waals surface area (Å²) in [5.41, 5.74) is 2.67. The molecule has 0 radical (unpaired) electrons. The predicted molar refractivity (Wildman–Crippen MR) is 93.0 cm³/mol. The zero-order valence-corrected chi connectivity index (χ0v) is 13.6. The van der Waals surface area contributed by atoms with Crippen molar-refractivity contribution in [3.63, 3.8) is 0 Å². The third-order valence-electron chi connectivity index (χ3n) is 3.91. The van der Waals surface area contributed by atoms with Crippen molar-refractivity contribution in [2.75, 3.05) is 0 Å². The molecule has 1 aromatic heterocycles. The van der Waals surface area contributed by atoms with Crippen LogP contribution in [0.2, 0.25) is 0 Å². The molecule has 0 saturated heterocycles. The second kappa shape index (κ2) is 6.00. The Morgan fingerprint density at radius 2 is 1.71 bits per heavy atom. The van der Waals surface area contributed by atoms with Gasteiger partial charge in [-0.25, -0.2) is 0 Å². The quantitative estimate of drug-likeness (QED) is 0.658. The van der Waals surface area contributed by atoms with Gasteiger partial charge in [-0.1, -0.05) is 48.0 Å². The topological polar surface area (TPSA) is 12.0 Å². The van der Waals surface area contributed by atoms with Crippen LogP contribution in [-0.2, 0) is 0 Å². The highest BCUT2D eigenvalue weighted by Crippen LogP contribution is 2.30. The second-order valence-electron chi connectivity index (χ2n) is 5.71. The molecule has 2 aromatic carbocycles. The van der Waals surface area contributed by atoms with Crippen LogP contribution in [-0.4, -0.2) is 0 Å². The zero-order chi connectivity index (χ0) is 14.8. The minimum Gasteiger partial charge on any atom is -0.303 e. The maximum absolute atomic E-state index is 3.71. The first kappa shape index (κ1) is 14.3. The van der Waals surface area contributed by atoms with Crippen LogP contribution in [0.15, 0.2) is 54.6 Å². The minimum absolute atomic E-state index is 0.352. The molecule has 0 aliphatic heterocycles. The lowest BCUT2D eigenvalue weighted by Gasteiger charge is -2.19. The third-order valence-corrected chi connectivity index (χ3v) is 5.21. The number of benzene rings is 2. The van der Waals surface area contributed by atoms with E-state index in [1.54, 1.807) is 0 Å². The van der Waals surface area contributed by atoms with Crippen molar-refractivity contribution < 1.29 is 0 Å². The van der Waals surface area contributed by atoms with Gasteiger partial charge in [0.2, 0.25) is 0 Å². The SMILES string of the molecule is Cc1cccc([C@H](C)NC(C)c2cc3ccccc3s2)c1. The van der Waals surface area contributed by atoms with Crippen molar-refractivity contribution in [3.05, 3.63) is 70.6 Å². The third kappa shape index (κ3) is 3.17. The van der Waals surface area contributed by atoms with Crippen molar-refractivity contribution in [1.29, 1.82) is 0 Å². The molecule has 1 heterocycles. The molecule has 0 aliphatic rings. The monoisotopic (exact) mass is 295 g/mol. The number of fused-ring (bicyclic) bond motifs is 1. The first-order valence-electron chi connectivity index (χ1n) is 7.44. The Hall–Kier alpha value is -1.64. The molecular formula is C19H21NS. The fourth-order valence-electron chi connectivity index (χ4n) is 2.71. The molecule has 108 valence electrons. The summed E-state index contributed by atoms with van der Waals surface area (Å²) < 4.78 is 1.37. The Bertz CT molecular complexity index is 711. The highest BCUT2D eigenvalue weighted by molar-refractivity contribution is 7.19. The Morgan fingerprint density at radius 1 is 0.905 bits per heavy atom. The molecule has 1 unspecified atom stereocenters. The summed E-state index contributed by atoms with van der Waals surface area (Å²) in [6, 6.07) is 20.3. The number of hydrogen-bond acceptors (Lipinski definition) is 2. The fraction of sp³-hybridized carbons (Fsp3) is 0.263. The summed E-state index contributed by atoms with van der Waals surface area (Å²) in [4.78, 5) is 1.40. The van der Waals surface area contributed by atoms with Crippen LogP contribution in [0.1, 0.15) is 41.9 Å². The number of thiophene rings is 1. The van der Waals surface area contributed by atoms with Gasteiger partial charge < -0.3 is 5.32 Å². The van der Waals surface area contributed by atoms with E-state index in [1.807, 2.05) is 11.3 Å². The van der Waals surface area contributed by atoms with Crippen LogP contribution in [0.3, 0.4) is 0 Å². The molecule has 2 heteroatoms. The van der Waals surface area contributed by atoms with Gasteiger partial charge in [0.1, 0.15) is 0 Å². The lowest BCUT2D eigenvalue weighted by Crippen LogP contribution is -2.21. The van der Waals surface area contributed by atoms with Crippen LogP contribution < -0.4 is 5.32 Å². The van der Waals surface area contributed by atoms with Gasteiger partial charge in [-0.2, -0.15) is 0 Å². The molecule has 21 heavy (non-hydrogen) atoms. The van der Waals surface area contributed by atoms with Gasteiger partial charge in [-0.05, 0) is 43.9 Å². The normalized spacial score (nSPS) is 14.2. The van der Waals surface area contributed by atoms with E-state index in [-0.39, 0.29) is 0 Å². The largest absolute Gasteiger partial charge is 0.303 e. The summed E-state index contributed by atoms with van der Waals surface area (Å²) >= 11 is 1.88. The maximum atomic E-state index is 3.71. The van der Waals surface area contributed by atoms with E-state index in [0.717, 1.165) is 0 Å². The number of hydrogen-bond donors (Lipinski definition) is 1. The highest BCUT2D eigenvalue weighted by atomic mass is 32.1. The van der Waals surface area contributed by atoms with Gasteiger partial charge in [0.15, 0.2) is 0 Å². The van der Waals surface area contributed by atoms with Crippen molar-refractivity contribution in [2.45, 2.75) is 32.9 Å². The van der Waals surface area contributed by atoms with Crippen molar-refractivity contribution in [1.82, 2.24) is 5.32 Å². The van der Waals surface area contributed by atoms with Crippen molar-refractivity contribution >= 4 is 21.4 Å². The predicted octanol–water partition coefficient (Wildman–Crippen LogP) is 5.62. The molecule has 2 atom stereocenters. The first-order valence-corrected chi connectivity index (χ1v) is 8.26. The molecule has 0 saturated carbocycles. The summed E-state index contributed by atoms with van der Waals surface area (Å²) in [7, 11) is 0. The van der Waals surface area contributed by atoms with Crippen LogP contribution >= 0.6 is 11.3 Å². The van der Waals surface area contributed by atoms with E-state index < -0.39 is 0 Å². The van der Waals surface area contributed by atoms with Crippen molar-refractivity contribution in [2.24, 2.45) is 0 Å². The highest BCUT2D eigenvalue weighted by Gasteiger charge is 2.13. The average molecular weight is 295 g/mol. The summed E-state index contributed by atoms with van der Waals surface area (Å²) in [6.45, 7) is 6.63. The van der Waals surface area contributed by atoms with Gasteiger partial charge >= 0.3 is 0 Å². The number of aryl methyl sites for hydroxylation is 1. The van der Waals surface area contributed by atoms with Gasteiger partial charge in [-0.3, -0.25) is 0 Å². The van der Waals surface area contributed by atoms with E-state index >= 15 is 0 Å². The van der Waals surface area contributed by atoms with Gasteiger partial charge in [0.25, 0.3) is 0 Å².